The molecule has 4 aliphatic rings. The Morgan fingerprint density at radius 2 is 1.79 bits per heavy atom. The van der Waals surface area contributed by atoms with Gasteiger partial charge in [0.15, 0.2) is 17.2 Å². The van der Waals surface area contributed by atoms with Crippen molar-refractivity contribution in [2.45, 2.75) is 71.8 Å². The quantitative estimate of drug-likeness (QED) is 0.623. The van der Waals surface area contributed by atoms with Crippen LogP contribution in [-0.2, 0) is 19.1 Å². The van der Waals surface area contributed by atoms with E-state index < -0.39 is 5.60 Å². The normalized spacial score (nSPS) is 44.6. The fourth-order valence-electron chi connectivity index (χ4n) is 7.13. The highest BCUT2D eigenvalue weighted by molar-refractivity contribution is 6.32. The molecule has 0 heterocycles. The molecule has 2 saturated carbocycles. The second-order valence-corrected chi connectivity index (χ2v) is 10.1. The van der Waals surface area contributed by atoms with Crippen molar-refractivity contribution in [3.63, 3.8) is 0 Å². The molecular formula is C23H29ClO4. The topological polar surface area (TPSA) is 60.4 Å². The van der Waals surface area contributed by atoms with Gasteiger partial charge in [0.05, 0.1) is 0 Å². The number of ether oxygens (including phenoxy) is 1. The number of hydrogen-bond donors (Lipinski definition) is 0. The first-order valence-corrected chi connectivity index (χ1v) is 10.8. The Kier molecular flexibility index (Phi) is 4.46. The Bertz CT molecular complexity index is 826. The van der Waals surface area contributed by atoms with Crippen molar-refractivity contribution < 1.29 is 19.1 Å². The molecule has 28 heavy (non-hydrogen) atoms. The zero-order valence-electron chi connectivity index (χ0n) is 17.1. The summed E-state index contributed by atoms with van der Waals surface area (Å²) in [4.78, 5) is 36.6. The predicted molar refractivity (Wildman–Crippen MR) is 107 cm³/mol. The van der Waals surface area contributed by atoms with E-state index in [0.29, 0.717) is 23.8 Å². The lowest BCUT2D eigenvalue weighted by Crippen LogP contribution is -2.58. The van der Waals surface area contributed by atoms with E-state index in [1.165, 1.54) is 6.92 Å². The van der Waals surface area contributed by atoms with Gasteiger partial charge >= 0.3 is 5.97 Å². The number of rotatable bonds is 2. The zero-order valence-corrected chi connectivity index (χ0v) is 17.9. The van der Waals surface area contributed by atoms with Gasteiger partial charge in [-0.2, -0.15) is 0 Å². The molecule has 2 fully saturated rings. The van der Waals surface area contributed by atoms with Crippen LogP contribution in [0.3, 0.4) is 0 Å². The highest BCUT2D eigenvalue weighted by Gasteiger charge is 2.67. The van der Waals surface area contributed by atoms with Gasteiger partial charge in [0.2, 0.25) is 0 Å². The third-order valence-corrected chi connectivity index (χ3v) is 8.89. The molecule has 0 unspecified atom stereocenters. The number of carbonyl (C=O) groups is 3. The number of Topliss-reactive ketones (excluding diaryl/α,β-unsaturated/α-hetero) is 1. The molecule has 152 valence electrons. The lowest BCUT2D eigenvalue weighted by atomic mass is 9.48. The maximum atomic E-state index is 12.7. The highest BCUT2D eigenvalue weighted by atomic mass is 35.5. The standard InChI is InChI=1S/C23H29ClO4/c1-13(25)23(28-14(2)26)10-7-18-16-12-20(24)19-11-15(27)5-8-21(19,3)17(16)6-9-22(18,23)4/h11-12,16-18H,5-10H2,1-4H3/t16-,17+,18-,21+,22+,23-/m0/s1. The number of hydrogen-bond acceptors (Lipinski definition) is 4. The molecule has 0 aromatic rings. The molecule has 0 N–H and O–H groups in total. The Morgan fingerprint density at radius 1 is 1.11 bits per heavy atom. The third-order valence-electron chi connectivity index (χ3n) is 8.56. The number of ketones is 2. The lowest BCUT2D eigenvalue weighted by molar-refractivity contribution is -0.185. The van der Waals surface area contributed by atoms with Crippen LogP contribution in [0.5, 0.6) is 0 Å². The number of allylic oxidation sites excluding steroid dienone is 4. The minimum absolute atomic E-state index is 0.0490. The van der Waals surface area contributed by atoms with Gasteiger partial charge in [-0.25, -0.2) is 0 Å². The summed E-state index contributed by atoms with van der Waals surface area (Å²) < 4.78 is 5.79. The predicted octanol–water partition coefficient (Wildman–Crippen LogP) is 4.75. The number of carbonyl (C=O) groups excluding carboxylic acids is 3. The highest BCUT2D eigenvalue weighted by Crippen LogP contribution is 2.68. The summed E-state index contributed by atoms with van der Waals surface area (Å²) in [5, 5.41) is 0.689. The summed E-state index contributed by atoms with van der Waals surface area (Å²) in [6.07, 6.45) is 8.48. The van der Waals surface area contributed by atoms with Gasteiger partial charge in [0.1, 0.15) is 0 Å². The van der Waals surface area contributed by atoms with Gasteiger partial charge < -0.3 is 4.74 Å². The van der Waals surface area contributed by atoms with Crippen LogP contribution in [0.4, 0.5) is 0 Å². The maximum Gasteiger partial charge on any atom is 0.303 e. The van der Waals surface area contributed by atoms with Crippen LogP contribution >= 0.6 is 11.6 Å². The molecule has 0 aromatic carbocycles. The Labute approximate surface area is 171 Å². The summed E-state index contributed by atoms with van der Waals surface area (Å²) in [5.74, 6) is 0.584. The summed E-state index contributed by atoms with van der Waals surface area (Å²) in [6, 6.07) is 0. The molecule has 5 heteroatoms. The minimum Gasteiger partial charge on any atom is -0.451 e. The molecule has 6 atom stereocenters. The minimum atomic E-state index is -1.03. The lowest BCUT2D eigenvalue weighted by Gasteiger charge is -2.57. The molecule has 4 rings (SSSR count). The van der Waals surface area contributed by atoms with Crippen LogP contribution in [0, 0.1) is 28.6 Å². The van der Waals surface area contributed by atoms with Gasteiger partial charge in [0, 0.05) is 23.8 Å². The summed E-state index contributed by atoms with van der Waals surface area (Å²) >= 11 is 6.71. The molecule has 4 nitrogen and oxygen atoms in total. The molecule has 0 bridgehead atoms. The number of fused-ring (bicyclic) bond motifs is 5. The van der Waals surface area contributed by atoms with Crippen LogP contribution in [0.15, 0.2) is 22.8 Å². The van der Waals surface area contributed by atoms with Gasteiger partial charge in [-0.1, -0.05) is 31.5 Å². The van der Waals surface area contributed by atoms with Crippen molar-refractivity contribution in [2.24, 2.45) is 28.6 Å². The van der Waals surface area contributed by atoms with Gasteiger partial charge in [0.25, 0.3) is 0 Å². The Hall–Kier alpha value is -1.42. The molecule has 0 aliphatic heterocycles. The van der Waals surface area contributed by atoms with Gasteiger partial charge in [-0.3, -0.25) is 14.4 Å². The summed E-state index contributed by atoms with van der Waals surface area (Å²) in [7, 11) is 0. The molecule has 0 spiro atoms. The average molecular weight is 405 g/mol. The second-order valence-electron chi connectivity index (χ2n) is 9.72. The Balaban J connectivity index is 1.79. The van der Waals surface area contributed by atoms with E-state index in [0.717, 1.165) is 31.3 Å². The number of halogens is 1. The first-order chi connectivity index (χ1) is 13.0. The molecular weight excluding hydrogens is 376 g/mol. The Morgan fingerprint density at radius 3 is 2.43 bits per heavy atom. The third kappa shape index (κ3) is 2.46. The monoisotopic (exact) mass is 404 g/mol. The number of esters is 1. The van der Waals surface area contributed by atoms with Crippen molar-refractivity contribution in [1.29, 1.82) is 0 Å². The van der Waals surface area contributed by atoms with Crippen LogP contribution < -0.4 is 0 Å². The van der Waals surface area contributed by atoms with E-state index in [9.17, 15) is 14.4 Å². The van der Waals surface area contributed by atoms with E-state index >= 15 is 0 Å². The van der Waals surface area contributed by atoms with Crippen LogP contribution in [0.2, 0.25) is 0 Å². The van der Waals surface area contributed by atoms with E-state index in [1.54, 1.807) is 13.0 Å². The van der Waals surface area contributed by atoms with E-state index in [1.807, 2.05) is 0 Å². The fourth-order valence-corrected chi connectivity index (χ4v) is 7.55. The maximum absolute atomic E-state index is 12.7. The first-order valence-electron chi connectivity index (χ1n) is 10.4. The zero-order chi connectivity index (χ0) is 20.5. The average Bonchev–Trinajstić information content (AvgIpc) is 2.90. The van der Waals surface area contributed by atoms with Gasteiger partial charge in [-0.05, 0) is 73.8 Å². The van der Waals surface area contributed by atoms with Crippen LogP contribution in [-0.4, -0.2) is 23.1 Å². The fraction of sp³-hybridized carbons (Fsp3) is 0.696. The van der Waals surface area contributed by atoms with Crippen LogP contribution in [0.25, 0.3) is 0 Å². The first kappa shape index (κ1) is 19.9. The van der Waals surface area contributed by atoms with Crippen molar-refractivity contribution in [1.82, 2.24) is 0 Å². The van der Waals surface area contributed by atoms with Crippen LogP contribution in [0.1, 0.15) is 66.2 Å². The van der Waals surface area contributed by atoms with E-state index in [4.69, 9.17) is 16.3 Å². The van der Waals surface area contributed by atoms with Crippen molar-refractivity contribution >= 4 is 29.1 Å². The summed E-state index contributed by atoms with van der Waals surface area (Å²) in [6.45, 7) is 7.33. The van der Waals surface area contributed by atoms with Crippen molar-refractivity contribution in [3.05, 3.63) is 22.8 Å². The van der Waals surface area contributed by atoms with Crippen molar-refractivity contribution in [2.75, 3.05) is 0 Å². The molecule has 0 radical (unpaired) electrons. The van der Waals surface area contributed by atoms with E-state index in [2.05, 4.69) is 19.9 Å². The summed E-state index contributed by atoms with van der Waals surface area (Å²) in [5.41, 5.74) is -0.532. The second kappa shape index (κ2) is 6.29. The smallest absolute Gasteiger partial charge is 0.303 e. The van der Waals surface area contributed by atoms with E-state index in [-0.39, 0.29) is 40.2 Å². The largest absolute Gasteiger partial charge is 0.451 e. The SMILES string of the molecule is CC(=O)O[C@]1(C(C)=O)CC[C@H]2[C@H]3C=C(Cl)C4=CC(=O)CC[C@]4(C)[C@@H]3CC[C@]21C. The molecule has 0 saturated heterocycles. The van der Waals surface area contributed by atoms with Crippen molar-refractivity contribution in [3.8, 4) is 0 Å². The molecule has 4 aliphatic carbocycles. The van der Waals surface area contributed by atoms with Gasteiger partial charge in [-0.15, -0.1) is 0 Å². The molecule has 0 amide bonds. The molecule has 0 aromatic heterocycles.